The number of nitrogens with two attached hydrogens (primary N) is 1. The molecule has 0 radical (unpaired) electrons. The van der Waals surface area contributed by atoms with Crippen LogP contribution in [0.4, 0.5) is 0 Å². The molecule has 42 heavy (non-hydrogen) atoms. The Morgan fingerprint density at radius 3 is 2.50 bits per heavy atom. The molecule has 0 aliphatic heterocycles. The van der Waals surface area contributed by atoms with Gasteiger partial charge in [-0.3, -0.25) is 29.1 Å². The number of pyridine rings is 1. The number of carbonyl (C=O) groups is 4. The van der Waals surface area contributed by atoms with E-state index in [2.05, 4.69) is 10.3 Å². The molecule has 3 aliphatic rings. The minimum absolute atomic E-state index is 0.00346. The van der Waals surface area contributed by atoms with E-state index in [0.717, 1.165) is 5.56 Å². The number of aliphatic hydroxyl groups excluding tert-OH is 2. The highest BCUT2D eigenvalue weighted by molar-refractivity contribution is 6.24. The number of fused-ring (bicyclic) bond motifs is 3. The molecule has 1 aromatic carbocycles. The number of hydrogen-bond acceptors (Lipinski definition) is 10. The van der Waals surface area contributed by atoms with E-state index in [1.807, 2.05) is 6.92 Å². The summed E-state index contributed by atoms with van der Waals surface area (Å²) < 4.78 is 0. The molecule has 0 unspecified atom stereocenters. The SMILES string of the molecule is CCc1cc(CNC(=O)c2cccnc2)c(O)c2c1C[C@H]1C[C@H]3[C@H](N(C)C)C(=O)C(C(N)=O)=C(O)[C@@]3(O)C(=O)C1=C2O. The lowest BCUT2D eigenvalue weighted by Gasteiger charge is -2.50. The number of primary amides is 1. The minimum Gasteiger partial charge on any atom is -0.508 e. The van der Waals surface area contributed by atoms with E-state index in [4.69, 9.17) is 5.73 Å². The lowest BCUT2D eigenvalue weighted by molar-refractivity contribution is -0.153. The summed E-state index contributed by atoms with van der Waals surface area (Å²) in [6.45, 7) is 1.80. The van der Waals surface area contributed by atoms with Crippen LogP contribution in [0, 0.1) is 11.8 Å². The number of nitrogens with one attached hydrogen (secondary N) is 1. The lowest BCUT2D eigenvalue weighted by atomic mass is 9.57. The number of Topliss-reactive ketones (excluding diaryl/α,β-unsaturated/α-hetero) is 2. The minimum atomic E-state index is -2.71. The normalized spacial score (nSPS) is 25.2. The summed E-state index contributed by atoms with van der Waals surface area (Å²) in [5, 5.41) is 48.3. The Labute approximate surface area is 241 Å². The second-order valence-electron chi connectivity index (χ2n) is 11.1. The van der Waals surface area contributed by atoms with Crippen molar-refractivity contribution < 1.29 is 39.6 Å². The number of aromatic nitrogens is 1. The Kier molecular flexibility index (Phi) is 7.15. The zero-order valence-corrected chi connectivity index (χ0v) is 23.3. The van der Waals surface area contributed by atoms with Crippen LogP contribution >= 0.6 is 0 Å². The number of amides is 2. The van der Waals surface area contributed by atoms with Crippen LogP contribution in [0.15, 0.2) is 47.5 Å². The highest BCUT2D eigenvalue weighted by Crippen LogP contribution is 2.53. The fourth-order valence-corrected chi connectivity index (χ4v) is 6.68. The van der Waals surface area contributed by atoms with Gasteiger partial charge in [0.1, 0.15) is 22.8 Å². The van der Waals surface area contributed by atoms with Crippen molar-refractivity contribution in [2.75, 3.05) is 14.1 Å². The van der Waals surface area contributed by atoms with Crippen LogP contribution in [-0.2, 0) is 33.8 Å². The zero-order chi connectivity index (χ0) is 30.7. The first-order valence-corrected chi connectivity index (χ1v) is 13.5. The molecule has 1 fully saturated rings. The summed E-state index contributed by atoms with van der Waals surface area (Å²) in [4.78, 5) is 57.4. The van der Waals surface area contributed by atoms with Crippen LogP contribution in [0.5, 0.6) is 5.75 Å². The molecule has 1 heterocycles. The quantitative estimate of drug-likeness (QED) is 0.268. The first-order valence-electron chi connectivity index (χ1n) is 13.5. The Bertz CT molecular complexity index is 1600. The van der Waals surface area contributed by atoms with Crippen molar-refractivity contribution in [2.24, 2.45) is 17.6 Å². The van der Waals surface area contributed by atoms with Crippen molar-refractivity contribution in [1.29, 1.82) is 0 Å². The number of nitrogens with zero attached hydrogens (tertiary/aromatic N) is 2. The molecular weight excluding hydrogens is 544 g/mol. The molecule has 12 heteroatoms. The largest absolute Gasteiger partial charge is 0.508 e. The van der Waals surface area contributed by atoms with Gasteiger partial charge in [0.2, 0.25) is 5.78 Å². The van der Waals surface area contributed by atoms with E-state index >= 15 is 0 Å². The van der Waals surface area contributed by atoms with Gasteiger partial charge in [-0.2, -0.15) is 0 Å². The second kappa shape index (κ2) is 10.4. The summed E-state index contributed by atoms with van der Waals surface area (Å²) in [6.07, 6.45) is 3.65. The number of phenolic OH excluding ortho intramolecular Hbond substituents is 1. The van der Waals surface area contributed by atoms with Gasteiger partial charge in [-0.15, -0.1) is 0 Å². The van der Waals surface area contributed by atoms with Crippen molar-refractivity contribution in [3.05, 3.63) is 75.3 Å². The summed E-state index contributed by atoms with van der Waals surface area (Å²) in [5.74, 6) is -7.44. The molecule has 1 aromatic heterocycles. The van der Waals surface area contributed by atoms with Gasteiger partial charge >= 0.3 is 0 Å². The van der Waals surface area contributed by atoms with Gasteiger partial charge < -0.3 is 31.5 Å². The third-order valence-electron chi connectivity index (χ3n) is 8.64. The number of aliphatic hydroxyl groups is 3. The molecule has 12 nitrogen and oxygen atoms in total. The predicted molar refractivity (Wildman–Crippen MR) is 149 cm³/mol. The molecule has 3 aliphatic carbocycles. The number of benzene rings is 1. The summed E-state index contributed by atoms with van der Waals surface area (Å²) in [5.41, 5.74) is 3.56. The molecule has 0 spiro atoms. The van der Waals surface area contributed by atoms with Gasteiger partial charge in [0.05, 0.1) is 17.2 Å². The lowest BCUT2D eigenvalue weighted by Crippen LogP contribution is -2.65. The maximum absolute atomic E-state index is 14.0. The van der Waals surface area contributed by atoms with Gasteiger partial charge in [-0.25, -0.2) is 0 Å². The second-order valence-corrected chi connectivity index (χ2v) is 11.1. The highest BCUT2D eigenvalue weighted by atomic mass is 16.3. The molecule has 1 saturated carbocycles. The maximum Gasteiger partial charge on any atom is 0.255 e. The van der Waals surface area contributed by atoms with Crippen molar-refractivity contribution >= 4 is 29.1 Å². The van der Waals surface area contributed by atoms with Crippen LogP contribution in [0.2, 0.25) is 0 Å². The number of rotatable bonds is 6. The molecule has 220 valence electrons. The number of phenols is 1. The van der Waals surface area contributed by atoms with Gasteiger partial charge in [0, 0.05) is 36.0 Å². The molecule has 4 atom stereocenters. The summed E-state index contributed by atoms with van der Waals surface area (Å²) in [6, 6.07) is 3.79. The number of carbonyl (C=O) groups excluding carboxylic acids is 4. The predicted octanol–water partition coefficient (Wildman–Crippen LogP) is 0.851. The Hall–Kier alpha value is -4.55. The molecule has 0 bridgehead atoms. The molecule has 0 saturated heterocycles. The van der Waals surface area contributed by atoms with Crippen LogP contribution in [-0.4, -0.2) is 79.4 Å². The van der Waals surface area contributed by atoms with E-state index in [1.165, 1.54) is 17.3 Å². The summed E-state index contributed by atoms with van der Waals surface area (Å²) in [7, 11) is 3.10. The number of aromatic hydroxyl groups is 1. The van der Waals surface area contributed by atoms with Crippen molar-refractivity contribution in [3.63, 3.8) is 0 Å². The Morgan fingerprint density at radius 1 is 1.19 bits per heavy atom. The van der Waals surface area contributed by atoms with E-state index in [9.17, 15) is 39.6 Å². The highest BCUT2D eigenvalue weighted by Gasteiger charge is 2.64. The Morgan fingerprint density at radius 2 is 1.90 bits per heavy atom. The Balaban J connectivity index is 1.62. The van der Waals surface area contributed by atoms with Crippen LogP contribution in [0.25, 0.3) is 5.76 Å². The maximum atomic E-state index is 14.0. The molecule has 5 rings (SSSR count). The molecule has 2 amide bonds. The van der Waals surface area contributed by atoms with E-state index in [1.54, 1.807) is 32.3 Å². The van der Waals surface area contributed by atoms with Crippen molar-refractivity contribution in [2.45, 2.75) is 44.4 Å². The standard InChI is InChI=1S/C30H32N4O8/c1-4-13-8-16(12-33-29(41)14-6-5-7-32-11-14)23(35)20-17(13)9-15-10-18-22(34(2)3)25(37)21(28(31)40)27(39)30(18,42)26(38)19(15)24(20)36/h5-8,11,15,18,22,35-36,39,42H,4,9-10,12H2,1-3H3,(H2,31,40)(H,33,41)/t15-,18-,22-,30-/m0/s1. The van der Waals surface area contributed by atoms with E-state index in [0.29, 0.717) is 23.1 Å². The van der Waals surface area contributed by atoms with Gasteiger partial charge in [-0.1, -0.05) is 13.0 Å². The fraction of sp³-hybridized carbons (Fsp3) is 0.367. The van der Waals surface area contributed by atoms with Crippen LogP contribution < -0.4 is 11.1 Å². The van der Waals surface area contributed by atoms with Gasteiger partial charge in [0.15, 0.2) is 11.4 Å². The number of likely N-dealkylation sites (N-methyl/N-ethyl adjacent to an activating group) is 1. The van der Waals surface area contributed by atoms with E-state index in [-0.39, 0.29) is 36.3 Å². The number of ketones is 2. The smallest absolute Gasteiger partial charge is 0.255 e. The third kappa shape index (κ3) is 4.17. The number of hydrogen-bond donors (Lipinski definition) is 6. The van der Waals surface area contributed by atoms with Crippen molar-refractivity contribution in [1.82, 2.24) is 15.2 Å². The monoisotopic (exact) mass is 576 g/mol. The average molecular weight is 577 g/mol. The van der Waals surface area contributed by atoms with Crippen molar-refractivity contribution in [3.8, 4) is 5.75 Å². The third-order valence-corrected chi connectivity index (χ3v) is 8.64. The molecule has 7 N–H and O–H groups in total. The van der Waals surface area contributed by atoms with Gasteiger partial charge in [-0.05, 0) is 62.5 Å². The van der Waals surface area contributed by atoms with E-state index < -0.39 is 64.0 Å². The molecule has 2 aromatic rings. The zero-order valence-electron chi connectivity index (χ0n) is 23.3. The summed E-state index contributed by atoms with van der Waals surface area (Å²) >= 11 is 0. The molecular formula is C30H32N4O8. The number of aryl methyl sites for hydroxylation is 1. The van der Waals surface area contributed by atoms with Crippen LogP contribution in [0.1, 0.15) is 46.0 Å². The van der Waals surface area contributed by atoms with Gasteiger partial charge in [0.25, 0.3) is 11.8 Å². The first-order chi connectivity index (χ1) is 19.8. The fourth-order valence-electron chi connectivity index (χ4n) is 6.68. The first kappa shape index (κ1) is 29.0. The van der Waals surface area contributed by atoms with Crippen LogP contribution in [0.3, 0.4) is 0 Å². The topological polar surface area (TPSA) is 203 Å². The average Bonchev–Trinajstić information content (AvgIpc) is 2.94.